The Morgan fingerprint density at radius 2 is 1.61 bits per heavy atom. The highest BCUT2D eigenvalue weighted by atomic mass is 32.2. The van der Waals surface area contributed by atoms with E-state index in [1.54, 1.807) is 0 Å². The zero-order valence-corrected chi connectivity index (χ0v) is 31.1. The van der Waals surface area contributed by atoms with Gasteiger partial charge in [-0.05, 0) is 71.3 Å². The fourth-order valence-electron chi connectivity index (χ4n) is 7.35. The molecule has 49 heavy (non-hydrogen) atoms. The number of ether oxygens (including phenoxy) is 1. The van der Waals surface area contributed by atoms with Gasteiger partial charge in [0, 0.05) is 38.0 Å². The first kappa shape index (κ1) is 39.2. The number of fused-ring (bicyclic) bond motifs is 1. The molecule has 1 aromatic rings. The fraction of sp³-hybridized carbons (Fsp3) is 0.750. The Labute approximate surface area is 293 Å². The van der Waals surface area contributed by atoms with E-state index in [1.165, 1.54) is 13.8 Å². The summed E-state index contributed by atoms with van der Waals surface area (Å²) in [6.45, 7) is 11.6. The highest BCUT2D eigenvalue weighted by Gasteiger charge is 2.46. The molecule has 1 aromatic carbocycles. The van der Waals surface area contributed by atoms with Crippen LogP contribution < -0.4 is 16.0 Å². The lowest BCUT2D eigenvalue weighted by atomic mass is 9.72. The summed E-state index contributed by atoms with van der Waals surface area (Å²) in [4.78, 5) is 45.0. The maximum Gasteiger partial charge on any atom is 0.244 e. The first-order valence-corrected chi connectivity index (χ1v) is 19.7. The van der Waals surface area contributed by atoms with Gasteiger partial charge in [0.25, 0.3) is 0 Å². The van der Waals surface area contributed by atoms with Crippen molar-refractivity contribution in [1.29, 1.82) is 0 Å². The normalized spacial score (nSPS) is 24.6. The van der Waals surface area contributed by atoms with Crippen LogP contribution in [-0.2, 0) is 35.4 Å². The summed E-state index contributed by atoms with van der Waals surface area (Å²) in [6, 6.07) is 6.77. The van der Waals surface area contributed by atoms with Crippen LogP contribution in [0.1, 0.15) is 72.3 Å². The number of rotatable bonds is 13. The van der Waals surface area contributed by atoms with E-state index in [0.717, 1.165) is 43.9 Å². The number of morpholine rings is 1. The molecular formula is C36H59N5O7S. The van der Waals surface area contributed by atoms with E-state index in [2.05, 4.69) is 20.9 Å². The molecule has 4 N–H and O–H groups in total. The fourth-order valence-corrected chi connectivity index (χ4v) is 7.94. The van der Waals surface area contributed by atoms with E-state index in [0.29, 0.717) is 44.7 Å². The number of nitrogens with one attached hydrogen (secondary N) is 3. The van der Waals surface area contributed by atoms with Gasteiger partial charge >= 0.3 is 0 Å². The van der Waals surface area contributed by atoms with Gasteiger partial charge < -0.3 is 25.8 Å². The highest BCUT2D eigenvalue weighted by molar-refractivity contribution is 7.92. The van der Waals surface area contributed by atoms with Gasteiger partial charge in [0.05, 0.1) is 42.7 Å². The quantitative estimate of drug-likeness (QED) is 0.239. The third-order valence-corrected chi connectivity index (χ3v) is 12.7. The molecule has 276 valence electrons. The second-order valence-corrected chi connectivity index (χ2v) is 18.5. The van der Waals surface area contributed by atoms with Crippen molar-refractivity contribution in [2.45, 2.75) is 108 Å². The van der Waals surface area contributed by atoms with Crippen molar-refractivity contribution in [3.05, 3.63) is 35.9 Å². The summed E-state index contributed by atoms with van der Waals surface area (Å²) < 4.78 is 29.7. The Morgan fingerprint density at radius 1 is 0.980 bits per heavy atom. The van der Waals surface area contributed by atoms with E-state index in [9.17, 15) is 27.9 Å². The van der Waals surface area contributed by atoms with Crippen LogP contribution in [0.4, 0.5) is 0 Å². The zero-order chi connectivity index (χ0) is 36.0. The van der Waals surface area contributed by atoms with Gasteiger partial charge in [-0.1, -0.05) is 49.6 Å². The Hall–Kier alpha value is -2.58. The van der Waals surface area contributed by atoms with Crippen LogP contribution in [0.5, 0.6) is 0 Å². The van der Waals surface area contributed by atoms with Crippen molar-refractivity contribution in [2.24, 2.45) is 11.8 Å². The number of aliphatic hydroxyl groups excluding tert-OH is 1. The van der Waals surface area contributed by atoms with Gasteiger partial charge in [0.2, 0.25) is 17.7 Å². The molecule has 2 heterocycles. The van der Waals surface area contributed by atoms with E-state index >= 15 is 0 Å². The van der Waals surface area contributed by atoms with Crippen LogP contribution in [-0.4, -0.2) is 128 Å². The Morgan fingerprint density at radius 3 is 2.22 bits per heavy atom. The summed E-state index contributed by atoms with van der Waals surface area (Å²) >= 11 is 0. The van der Waals surface area contributed by atoms with Gasteiger partial charge in [0.1, 0.15) is 6.04 Å². The monoisotopic (exact) mass is 705 g/mol. The van der Waals surface area contributed by atoms with Crippen LogP contribution in [0.3, 0.4) is 0 Å². The average molecular weight is 706 g/mol. The standard InChI is InChI=1S/C36H59N5O7S/c1-35(2,3)39-33(44)29-21-26-14-10-11-15-27(26)22-41(29)23-30(42)28(20-25-12-8-7-9-13-25)37-34(45)32(36(4,5)49(6,46)47)38-31(43)24-40-16-18-48-19-17-40/h7-9,12-13,26-30,32,42H,10-11,14-24H2,1-6H3,(H,37,45)(H,38,43)(H,39,44). The lowest BCUT2D eigenvalue weighted by Crippen LogP contribution is -2.64. The maximum absolute atomic E-state index is 14.2. The van der Waals surface area contributed by atoms with Gasteiger partial charge in [-0.15, -0.1) is 0 Å². The Bertz CT molecular complexity index is 1380. The molecule has 13 heteroatoms. The molecule has 3 fully saturated rings. The number of carbonyl (C=O) groups excluding carboxylic acids is 3. The SMILES string of the molecule is CC(C)(C)NC(=O)C1CC2CCCCC2CN1CC(O)C(Cc1ccccc1)NC(=O)C(NC(=O)CN1CCOCC1)C(C)(C)S(C)(=O)=O. The third kappa shape index (κ3) is 11.0. The van der Waals surface area contributed by atoms with Gasteiger partial charge in [-0.2, -0.15) is 0 Å². The second kappa shape index (κ2) is 16.6. The van der Waals surface area contributed by atoms with Crippen molar-refractivity contribution < 1.29 is 32.6 Å². The van der Waals surface area contributed by atoms with E-state index in [1.807, 2.05) is 56.0 Å². The lowest BCUT2D eigenvalue weighted by molar-refractivity contribution is -0.133. The molecule has 12 nitrogen and oxygen atoms in total. The molecule has 6 atom stereocenters. The van der Waals surface area contributed by atoms with Gasteiger partial charge in [-0.25, -0.2) is 8.42 Å². The molecule has 2 saturated heterocycles. The van der Waals surface area contributed by atoms with E-state index in [-0.39, 0.29) is 25.4 Å². The summed E-state index contributed by atoms with van der Waals surface area (Å²) in [7, 11) is -3.83. The number of hydrogen-bond acceptors (Lipinski definition) is 9. The Balaban J connectivity index is 1.58. The average Bonchev–Trinajstić information content (AvgIpc) is 3.02. The minimum absolute atomic E-state index is 0.00180. The summed E-state index contributed by atoms with van der Waals surface area (Å²) in [5.74, 6) is -0.341. The van der Waals surface area contributed by atoms with Crippen LogP contribution in [0.25, 0.3) is 0 Å². The number of sulfone groups is 1. The number of nitrogens with zero attached hydrogens (tertiary/aromatic N) is 2. The summed E-state index contributed by atoms with van der Waals surface area (Å²) in [5, 5.41) is 20.7. The van der Waals surface area contributed by atoms with Crippen molar-refractivity contribution in [1.82, 2.24) is 25.8 Å². The van der Waals surface area contributed by atoms with Crippen molar-refractivity contribution >= 4 is 27.6 Å². The molecule has 3 aliphatic rings. The van der Waals surface area contributed by atoms with Gasteiger partial charge in [-0.3, -0.25) is 24.2 Å². The molecule has 0 radical (unpaired) electrons. The Kier molecular flexibility index (Phi) is 13.3. The van der Waals surface area contributed by atoms with E-state index in [4.69, 9.17) is 4.74 Å². The predicted molar refractivity (Wildman–Crippen MR) is 190 cm³/mol. The molecule has 2 aliphatic heterocycles. The molecule has 6 unspecified atom stereocenters. The van der Waals surface area contributed by atoms with Crippen molar-refractivity contribution in [2.75, 3.05) is 52.2 Å². The zero-order valence-electron chi connectivity index (χ0n) is 30.2. The van der Waals surface area contributed by atoms with Gasteiger partial charge in [0.15, 0.2) is 9.84 Å². The first-order chi connectivity index (χ1) is 22.9. The lowest BCUT2D eigenvalue weighted by Gasteiger charge is -2.47. The van der Waals surface area contributed by atoms with E-state index < -0.39 is 56.2 Å². The molecule has 3 amide bonds. The molecule has 0 bridgehead atoms. The first-order valence-electron chi connectivity index (χ1n) is 17.8. The second-order valence-electron chi connectivity index (χ2n) is 15.9. The minimum atomic E-state index is -3.83. The smallest absolute Gasteiger partial charge is 0.244 e. The van der Waals surface area contributed by atoms with Crippen LogP contribution in [0.15, 0.2) is 30.3 Å². The maximum atomic E-state index is 14.2. The molecule has 4 rings (SSSR count). The van der Waals surface area contributed by atoms with Crippen LogP contribution in [0, 0.1) is 11.8 Å². The predicted octanol–water partition coefficient (Wildman–Crippen LogP) is 1.51. The number of aliphatic hydroxyl groups is 1. The molecule has 0 aromatic heterocycles. The number of likely N-dealkylation sites (tertiary alicyclic amines) is 1. The number of amides is 3. The highest BCUT2D eigenvalue weighted by Crippen LogP contribution is 2.39. The summed E-state index contributed by atoms with van der Waals surface area (Å²) in [5.41, 5.74) is 0.456. The van der Waals surface area contributed by atoms with Crippen LogP contribution >= 0.6 is 0 Å². The number of carbonyl (C=O) groups is 3. The molecule has 1 aliphatic carbocycles. The third-order valence-electron chi connectivity index (χ3n) is 10.5. The minimum Gasteiger partial charge on any atom is -0.390 e. The largest absolute Gasteiger partial charge is 0.390 e. The number of β-amino-alcohol motifs (C(OH)–C–C–N with tert-alkyl or cyclic N) is 1. The molecular weight excluding hydrogens is 646 g/mol. The topological polar surface area (TPSA) is 157 Å². The number of piperidine rings is 1. The molecule has 1 saturated carbocycles. The van der Waals surface area contributed by atoms with Crippen molar-refractivity contribution in [3.8, 4) is 0 Å². The van der Waals surface area contributed by atoms with Crippen LogP contribution in [0.2, 0.25) is 0 Å². The summed E-state index contributed by atoms with van der Waals surface area (Å²) in [6.07, 6.45) is 5.43. The molecule has 0 spiro atoms. The van der Waals surface area contributed by atoms with Crippen molar-refractivity contribution in [3.63, 3.8) is 0 Å². The number of hydrogen-bond donors (Lipinski definition) is 4. The number of benzene rings is 1.